The predicted octanol–water partition coefficient (Wildman–Crippen LogP) is 3.72. The number of nitro benzene ring substituents is 1. The summed E-state index contributed by atoms with van der Waals surface area (Å²) in [6.45, 7) is 2.13. The highest BCUT2D eigenvalue weighted by Gasteiger charge is 2.22. The van der Waals surface area contributed by atoms with Gasteiger partial charge in [0.25, 0.3) is 5.69 Å². The minimum atomic E-state index is -0.505. The second kappa shape index (κ2) is 5.33. The summed E-state index contributed by atoms with van der Waals surface area (Å²) in [4.78, 5) is 10.2. The molecule has 2 atom stereocenters. The highest BCUT2D eigenvalue weighted by Crippen LogP contribution is 2.29. The number of non-ortho nitro benzene ring substituents is 1. The maximum atomic E-state index is 13.6. The van der Waals surface area contributed by atoms with E-state index in [4.69, 9.17) is 0 Å². The largest absolute Gasteiger partial charge is 0.379 e. The van der Waals surface area contributed by atoms with E-state index in [9.17, 15) is 14.5 Å². The molecule has 1 fully saturated rings. The lowest BCUT2D eigenvalue weighted by atomic mass is 9.86. The van der Waals surface area contributed by atoms with Crippen molar-refractivity contribution in [1.29, 1.82) is 0 Å². The van der Waals surface area contributed by atoms with Gasteiger partial charge in [-0.2, -0.15) is 0 Å². The van der Waals surface area contributed by atoms with Gasteiger partial charge in [-0.05, 0) is 24.8 Å². The van der Waals surface area contributed by atoms with E-state index >= 15 is 0 Å². The van der Waals surface area contributed by atoms with E-state index in [1.807, 2.05) is 0 Å². The van der Waals surface area contributed by atoms with Crippen molar-refractivity contribution in [3.05, 3.63) is 34.1 Å². The van der Waals surface area contributed by atoms with E-state index in [2.05, 4.69) is 12.2 Å². The van der Waals surface area contributed by atoms with Gasteiger partial charge in [-0.1, -0.05) is 19.8 Å². The molecular formula is C13H17FN2O2. The molecule has 5 heteroatoms. The lowest BCUT2D eigenvalue weighted by molar-refractivity contribution is -0.384. The monoisotopic (exact) mass is 252 g/mol. The molecule has 1 saturated carbocycles. The predicted molar refractivity (Wildman–Crippen MR) is 68.1 cm³/mol. The molecule has 2 rings (SSSR count). The second-order valence-electron chi connectivity index (χ2n) is 4.93. The van der Waals surface area contributed by atoms with Crippen molar-refractivity contribution in [2.75, 3.05) is 5.32 Å². The Labute approximate surface area is 105 Å². The van der Waals surface area contributed by atoms with Crippen LogP contribution in [0.25, 0.3) is 0 Å². The highest BCUT2D eigenvalue weighted by atomic mass is 19.1. The number of benzene rings is 1. The number of rotatable bonds is 3. The number of nitro groups is 1. The molecule has 0 aromatic heterocycles. The molecule has 98 valence electrons. The van der Waals surface area contributed by atoms with Crippen molar-refractivity contribution in [3.8, 4) is 0 Å². The van der Waals surface area contributed by atoms with Crippen LogP contribution in [0.5, 0.6) is 0 Å². The van der Waals surface area contributed by atoms with E-state index in [1.165, 1.54) is 18.6 Å². The zero-order valence-corrected chi connectivity index (χ0v) is 10.4. The smallest absolute Gasteiger partial charge is 0.271 e. The Morgan fingerprint density at radius 2 is 2.11 bits per heavy atom. The third-order valence-electron chi connectivity index (χ3n) is 3.61. The van der Waals surface area contributed by atoms with Crippen molar-refractivity contribution in [2.24, 2.45) is 5.92 Å². The number of hydrogen-bond acceptors (Lipinski definition) is 3. The first-order valence-electron chi connectivity index (χ1n) is 6.28. The molecule has 0 radical (unpaired) electrons. The van der Waals surface area contributed by atoms with Crippen LogP contribution in [0.1, 0.15) is 32.6 Å². The first-order chi connectivity index (χ1) is 8.58. The van der Waals surface area contributed by atoms with Gasteiger partial charge >= 0.3 is 0 Å². The Balaban J connectivity index is 2.17. The van der Waals surface area contributed by atoms with Crippen LogP contribution in [0.15, 0.2) is 18.2 Å². The van der Waals surface area contributed by atoms with Crippen LogP contribution in [0.2, 0.25) is 0 Å². The Morgan fingerprint density at radius 3 is 2.78 bits per heavy atom. The van der Waals surface area contributed by atoms with Crippen molar-refractivity contribution in [3.63, 3.8) is 0 Å². The van der Waals surface area contributed by atoms with E-state index in [0.29, 0.717) is 5.92 Å². The number of anilines is 1. The van der Waals surface area contributed by atoms with Gasteiger partial charge < -0.3 is 5.32 Å². The van der Waals surface area contributed by atoms with Crippen molar-refractivity contribution in [1.82, 2.24) is 0 Å². The van der Waals surface area contributed by atoms with Gasteiger partial charge in [0.1, 0.15) is 5.82 Å². The van der Waals surface area contributed by atoms with Gasteiger partial charge in [0, 0.05) is 18.2 Å². The van der Waals surface area contributed by atoms with Gasteiger partial charge in [0.2, 0.25) is 0 Å². The Morgan fingerprint density at radius 1 is 1.39 bits per heavy atom. The molecule has 0 spiro atoms. The molecular weight excluding hydrogens is 235 g/mol. The number of halogens is 1. The maximum absolute atomic E-state index is 13.6. The van der Waals surface area contributed by atoms with Gasteiger partial charge in [-0.25, -0.2) is 4.39 Å². The number of nitrogens with one attached hydrogen (secondary N) is 1. The lowest BCUT2D eigenvalue weighted by Crippen LogP contribution is -2.30. The molecule has 1 aromatic carbocycles. The highest BCUT2D eigenvalue weighted by molar-refractivity contribution is 5.53. The molecule has 2 unspecified atom stereocenters. The Kier molecular flexibility index (Phi) is 3.79. The minimum Gasteiger partial charge on any atom is -0.379 e. The molecule has 0 aliphatic heterocycles. The van der Waals surface area contributed by atoms with Crippen molar-refractivity contribution in [2.45, 2.75) is 38.6 Å². The van der Waals surface area contributed by atoms with Crippen LogP contribution >= 0.6 is 0 Å². The quantitative estimate of drug-likeness (QED) is 0.658. The van der Waals surface area contributed by atoms with Crippen LogP contribution in [-0.2, 0) is 0 Å². The SMILES string of the molecule is CC1CCCCC1Nc1cc([N+](=O)[O-])ccc1F. The van der Waals surface area contributed by atoms with Crippen LogP contribution in [0, 0.1) is 21.8 Å². The second-order valence-corrected chi connectivity index (χ2v) is 4.93. The summed E-state index contributed by atoms with van der Waals surface area (Å²) in [5.41, 5.74) is 0.158. The normalized spacial score (nSPS) is 23.7. The van der Waals surface area contributed by atoms with Crippen LogP contribution < -0.4 is 5.32 Å². The molecule has 0 saturated heterocycles. The van der Waals surface area contributed by atoms with Gasteiger partial charge in [-0.15, -0.1) is 0 Å². The first kappa shape index (κ1) is 12.8. The van der Waals surface area contributed by atoms with Crippen LogP contribution in [0.3, 0.4) is 0 Å². The first-order valence-corrected chi connectivity index (χ1v) is 6.28. The van der Waals surface area contributed by atoms with E-state index in [1.54, 1.807) is 0 Å². The average molecular weight is 252 g/mol. The summed E-state index contributed by atoms with van der Waals surface area (Å²) < 4.78 is 13.6. The molecule has 0 heterocycles. The topological polar surface area (TPSA) is 55.2 Å². The molecule has 0 amide bonds. The standard InChI is InChI=1S/C13H17FN2O2/c1-9-4-2-3-5-12(9)15-13-8-10(16(17)18)6-7-11(13)14/h6-9,12,15H,2-5H2,1H3. The van der Waals surface area contributed by atoms with Gasteiger partial charge in [0.15, 0.2) is 0 Å². The molecule has 1 aliphatic rings. The lowest BCUT2D eigenvalue weighted by Gasteiger charge is -2.30. The summed E-state index contributed by atoms with van der Waals surface area (Å²) >= 11 is 0. The van der Waals surface area contributed by atoms with Gasteiger partial charge in [-0.3, -0.25) is 10.1 Å². The maximum Gasteiger partial charge on any atom is 0.271 e. The summed E-state index contributed by atoms with van der Waals surface area (Å²) in [5.74, 6) is 0.0378. The minimum absolute atomic E-state index is 0.0811. The molecule has 1 aliphatic carbocycles. The van der Waals surface area contributed by atoms with Crippen LogP contribution in [-0.4, -0.2) is 11.0 Å². The summed E-state index contributed by atoms with van der Waals surface area (Å²) in [7, 11) is 0. The summed E-state index contributed by atoms with van der Waals surface area (Å²) in [5, 5.41) is 13.8. The van der Waals surface area contributed by atoms with Crippen molar-refractivity contribution >= 4 is 11.4 Å². The molecule has 4 nitrogen and oxygen atoms in total. The molecule has 1 aromatic rings. The van der Waals surface area contributed by atoms with E-state index in [0.717, 1.165) is 25.3 Å². The number of hydrogen-bond donors (Lipinski definition) is 1. The van der Waals surface area contributed by atoms with E-state index < -0.39 is 10.7 Å². The average Bonchev–Trinajstić information content (AvgIpc) is 2.34. The zero-order valence-electron chi connectivity index (χ0n) is 10.4. The third-order valence-corrected chi connectivity index (χ3v) is 3.61. The number of nitrogens with zero attached hydrogens (tertiary/aromatic N) is 1. The molecule has 1 N–H and O–H groups in total. The van der Waals surface area contributed by atoms with Gasteiger partial charge in [0.05, 0.1) is 10.6 Å². The fourth-order valence-corrected chi connectivity index (χ4v) is 2.47. The fourth-order valence-electron chi connectivity index (χ4n) is 2.47. The summed E-state index contributed by atoms with van der Waals surface area (Å²) in [6.07, 6.45) is 4.44. The van der Waals surface area contributed by atoms with E-state index in [-0.39, 0.29) is 17.4 Å². The Bertz CT molecular complexity index is 451. The van der Waals surface area contributed by atoms with Crippen LogP contribution in [0.4, 0.5) is 15.8 Å². The summed E-state index contributed by atoms with van der Waals surface area (Å²) in [6, 6.07) is 3.81. The molecule has 0 bridgehead atoms. The Hall–Kier alpha value is -1.65. The fraction of sp³-hybridized carbons (Fsp3) is 0.538. The molecule has 18 heavy (non-hydrogen) atoms. The van der Waals surface area contributed by atoms with Crippen molar-refractivity contribution < 1.29 is 9.31 Å². The third kappa shape index (κ3) is 2.78. The zero-order chi connectivity index (χ0) is 13.1.